The van der Waals surface area contributed by atoms with Gasteiger partial charge in [0, 0.05) is 54.7 Å². The first-order chi connectivity index (χ1) is 24.8. The third-order valence-corrected chi connectivity index (χ3v) is 10.1. The van der Waals surface area contributed by atoms with Crippen LogP contribution in [0.5, 0.6) is 0 Å². The van der Waals surface area contributed by atoms with Crippen LogP contribution in [0.1, 0.15) is 0 Å². The lowest BCUT2D eigenvalue weighted by Crippen LogP contribution is -2.01. The van der Waals surface area contributed by atoms with Crippen LogP contribution >= 0.6 is 0 Å². The average molecular weight is 638 g/mol. The molecular weight excluding hydrogens is 611 g/mol. The van der Waals surface area contributed by atoms with E-state index in [1.165, 1.54) is 48.9 Å². The fourth-order valence-corrected chi connectivity index (χ4v) is 7.89. The van der Waals surface area contributed by atoms with E-state index < -0.39 is 0 Å². The molecule has 0 spiro atoms. The van der Waals surface area contributed by atoms with Gasteiger partial charge in [-0.05, 0) is 36.4 Å². The maximum absolute atomic E-state index is 5.03. The highest BCUT2D eigenvalue weighted by molar-refractivity contribution is 6.26. The molecule has 5 nitrogen and oxygen atoms in total. The number of fused-ring (bicyclic) bond motifs is 9. The standard InChI is InChI=1S/C45H27N5/c1-3-13-28(14-4-1)43-46-44(29-15-5-2-6-16-29)48-45(47-43)30-17-11-18-31(25-30)49-38-23-9-8-20-33(38)36-26-37-35-22-12-21-34-32-19-7-10-24-39(32)50(42(34)35)41(37)27-40(36)49/h1-27H. The number of para-hydroxylation sites is 3. The van der Waals surface area contributed by atoms with Crippen LogP contribution in [0.25, 0.3) is 99.8 Å². The Morgan fingerprint density at radius 3 is 1.52 bits per heavy atom. The lowest BCUT2D eigenvalue weighted by Gasteiger charge is -2.12. The molecule has 0 N–H and O–H groups in total. The number of rotatable bonds is 4. The zero-order chi connectivity index (χ0) is 32.8. The second kappa shape index (κ2) is 10.3. The topological polar surface area (TPSA) is 48.0 Å². The van der Waals surface area contributed by atoms with Gasteiger partial charge in [-0.1, -0.05) is 127 Å². The molecule has 0 aliphatic carbocycles. The zero-order valence-corrected chi connectivity index (χ0v) is 26.8. The molecule has 0 bridgehead atoms. The summed E-state index contributed by atoms with van der Waals surface area (Å²) in [5.74, 6) is 1.94. The van der Waals surface area contributed by atoms with Gasteiger partial charge >= 0.3 is 0 Å². The summed E-state index contributed by atoms with van der Waals surface area (Å²) in [6.07, 6.45) is 0. The number of hydrogen-bond donors (Lipinski definition) is 0. The molecule has 50 heavy (non-hydrogen) atoms. The Morgan fingerprint density at radius 2 is 0.820 bits per heavy atom. The molecule has 5 heteroatoms. The largest absolute Gasteiger partial charge is 0.309 e. The predicted octanol–water partition coefficient (Wildman–Crippen LogP) is 11.1. The summed E-state index contributed by atoms with van der Waals surface area (Å²) in [6.45, 7) is 0. The first-order valence-corrected chi connectivity index (χ1v) is 16.9. The molecule has 11 aromatic rings. The lowest BCUT2D eigenvalue weighted by atomic mass is 10.1. The van der Waals surface area contributed by atoms with E-state index in [0.717, 1.165) is 33.4 Å². The monoisotopic (exact) mass is 637 g/mol. The third-order valence-electron chi connectivity index (χ3n) is 10.1. The SMILES string of the molecule is c1ccc(-c2nc(-c3ccccc3)nc(-c3cccc(-n4c5ccccc5c5cc6c7cccc8c9ccccc9n(c6cc54)c87)c3)n2)cc1. The maximum atomic E-state index is 5.03. The number of benzene rings is 7. The smallest absolute Gasteiger partial charge is 0.164 e. The zero-order valence-electron chi connectivity index (χ0n) is 26.8. The van der Waals surface area contributed by atoms with Crippen LogP contribution in [0.2, 0.25) is 0 Å². The van der Waals surface area contributed by atoms with E-state index in [1.54, 1.807) is 0 Å². The van der Waals surface area contributed by atoms with Crippen molar-refractivity contribution in [3.63, 3.8) is 0 Å². The molecule has 0 aliphatic heterocycles. The molecule has 7 aromatic carbocycles. The van der Waals surface area contributed by atoms with E-state index in [1.807, 2.05) is 60.7 Å². The van der Waals surface area contributed by atoms with Crippen molar-refractivity contribution in [2.45, 2.75) is 0 Å². The lowest BCUT2D eigenvalue weighted by molar-refractivity contribution is 1.07. The molecule has 0 fully saturated rings. The summed E-state index contributed by atoms with van der Waals surface area (Å²) < 4.78 is 4.84. The van der Waals surface area contributed by atoms with Crippen LogP contribution in [0.15, 0.2) is 164 Å². The molecule has 0 unspecified atom stereocenters. The molecular formula is C45H27N5. The Kier molecular flexibility index (Phi) is 5.60. The molecule has 232 valence electrons. The minimum atomic E-state index is 0.637. The van der Waals surface area contributed by atoms with Gasteiger partial charge in [0.2, 0.25) is 0 Å². The van der Waals surface area contributed by atoms with Crippen LogP contribution in [0.3, 0.4) is 0 Å². The third kappa shape index (κ3) is 3.86. The van der Waals surface area contributed by atoms with Crippen molar-refractivity contribution < 1.29 is 0 Å². The minimum absolute atomic E-state index is 0.637. The van der Waals surface area contributed by atoms with E-state index in [2.05, 4.69) is 112 Å². The molecule has 4 aromatic heterocycles. The van der Waals surface area contributed by atoms with Crippen molar-refractivity contribution in [3.8, 4) is 39.9 Å². The maximum Gasteiger partial charge on any atom is 0.164 e. The van der Waals surface area contributed by atoms with Crippen LogP contribution in [0, 0.1) is 0 Å². The Bertz CT molecular complexity index is 3030. The first kappa shape index (κ1) is 27.1. The van der Waals surface area contributed by atoms with Gasteiger partial charge < -0.3 is 8.97 Å². The van der Waals surface area contributed by atoms with E-state index in [9.17, 15) is 0 Å². The first-order valence-electron chi connectivity index (χ1n) is 16.9. The summed E-state index contributed by atoms with van der Waals surface area (Å²) in [4.78, 5) is 15.0. The van der Waals surface area contributed by atoms with Crippen LogP contribution < -0.4 is 0 Å². The predicted molar refractivity (Wildman–Crippen MR) is 205 cm³/mol. The van der Waals surface area contributed by atoms with Crippen molar-refractivity contribution >= 4 is 59.9 Å². The summed E-state index contributed by atoms with van der Waals surface area (Å²) >= 11 is 0. The summed E-state index contributed by atoms with van der Waals surface area (Å²) in [7, 11) is 0. The highest BCUT2D eigenvalue weighted by Crippen LogP contribution is 2.42. The molecule has 11 rings (SSSR count). The highest BCUT2D eigenvalue weighted by Gasteiger charge is 2.21. The van der Waals surface area contributed by atoms with Gasteiger partial charge in [-0.25, -0.2) is 15.0 Å². The fourth-order valence-electron chi connectivity index (χ4n) is 7.89. The van der Waals surface area contributed by atoms with Gasteiger partial charge in [-0.15, -0.1) is 0 Å². The van der Waals surface area contributed by atoms with Gasteiger partial charge in [0.15, 0.2) is 17.5 Å². The van der Waals surface area contributed by atoms with E-state index in [0.29, 0.717) is 17.5 Å². The molecule has 0 amide bonds. The van der Waals surface area contributed by atoms with Crippen molar-refractivity contribution in [3.05, 3.63) is 164 Å². The van der Waals surface area contributed by atoms with Gasteiger partial charge in [0.1, 0.15) is 0 Å². The Hall–Kier alpha value is -6.85. The molecule has 0 radical (unpaired) electrons. The average Bonchev–Trinajstić information content (AvgIpc) is 3.82. The van der Waals surface area contributed by atoms with Crippen molar-refractivity contribution in [1.82, 2.24) is 23.9 Å². The Morgan fingerprint density at radius 1 is 0.320 bits per heavy atom. The van der Waals surface area contributed by atoms with E-state index >= 15 is 0 Å². The van der Waals surface area contributed by atoms with Gasteiger partial charge in [-0.2, -0.15) is 0 Å². The Labute approximate surface area is 286 Å². The molecule has 0 atom stereocenters. The second-order valence-corrected chi connectivity index (χ2v) is 12.9. The molecule has 4 heterocycles. The highest BCUT2D eigenvalue weighted by atomic mass is 15.0. The van der Waals surface area contributed by atoms with Crippen molar-refractivity contribution in [1.29, 1.82) is 0 Å². The van der Waals surface area contributed by atoms with Crippen LogP contribution in [-0.4, -0.2) is 23.9 Å². The van der Waals surface area contributed by atoms with Crippen molar-refractivity contribution in [2.75, 3.05) is 0 Å². The summed E-state index contributed by atoms with van der Waals surface area (Å²) in [5.41, 5.74) is 9.93. The molecule has 0 saturated heterocycles. The number of nitrogens with zero attached hydrogens (tertiary/aromatic N) is 5. The molecule has 0 aliphatic rings. The number of aromatic nitrogens is 5. The number of hydrogen-bond acceptors (Lipinski definition) is 3. The Balaban J connectivity index is 1.17. The van der Waals surface area contributed by atoms with Gasteiger partial charge in [0.05, 0.1) is 27.6 Å². The quantitative estimate of drug-likeness (QED) is 0.193. The van der Waals surface area contributed by atoms with Crippen LogP contribution in [0.4, 0.5) is 0 Å². The van der Waals surface area contributed by atoms with Crippen LogP contribution in [-0.2, 0) is 0 Å². The summed E-state index contributed by atoms with van der Waals surface area (Å²) in [6, 6.07) is 57.7. The van der Waals surface area contributed by atoms with E-state index in [4.69, 9.17) is 15.0 Å². The fraction of sp³-hybridized carbons (Fsp3) is 0. The van der Waals surface area contributed by atoms with Crippen molar-refractivity contribution in [2.24, 2.45) is 0 Å². The second-order valence-electron chi connectivity index (χ2n) is 12.9. The van der Waals surface area contributed by atoms with E-state index in [-0.39, 0.29) is 0 Å². The van der Waals surface area contributed by atoms with Gasteiger partial charge in [-0.3, -0.25) is 0 Å². The van der Waals surface area contributed by atoms with Gasteiger partial charge in [0.25, 0.3) is 0 Å². The minimum Gasteiger partial charge on any atom is -0.309 e. The normalized spacial score (nSPS) is 12.0. The summed E-state index contributed by atoms with van der Waals surface area (Å²) in [5, 5.41) is 7.59. The molecule has 0 saturated carbocycles.